The van der Waals surface area contributed by atoms with Gasteiger partial charge in [-0.05, 0) is 25.2 Å². The number of nitrogens with zero attached hydrogens (tertiary/aromatic N) is 1. The van der Waals surface area contributed by atoms with Crippen LogP contribution in [0.3, 0.4) is 0 Å². The van der Waals surface area contributed by atoms with Gasteiger partial charge in [-0.2, -0.15) is 0 Å². The van der Waals surface area contributed by atoms with Gasteiger partial charge in [-0.1, -0.05) is 20.3 Å². The maximum Gasteiger partial charge on any atom is 0.310 e. The minimum atomic E-state index is -0.155. The molecule has 1 saturated carbocycles. The number of carbonyl (C=O) groups is 2. The molecular formula is C16H28N2O3. The van der Waals surface area contributed by atoms with E-state index in [4.69, 9.17) is 4.74 Å². The van der Waals surface area contributed by atoms with E-state index in [1.165, 1.54) is 26.4 Å². The van der Waals surface area contributed by atoms with Crippen molar-refractivity contribution in [3.63, 3.8) is 0 Å². The fraction of sp³-hybridized carbons (Fsp3) is 0.875. The maximum absolute atomic E-state index is 11.9. The van der Waals surface area contributed by atoms with Crippen LogP contribution in [0, 0.1) is 17.8 Å². The summed E-state index contributed by atoms with van der Waals surface area (Å²) >= 11 is 0. The molecule has 1 aliphatic heterocycles. The molecule has 1 saturated heterocycles. The van der Waals surface area contributed by atoms with Crippen molar-refractivity contribution in [2.75, 3.05) is 26.7 Å². The maximum atomic E-state index is 11.9. The highest BCUT2D eigenvalue weighted by Gasteiger charge is 2.34. The summed E-state index contributed by atoms with van der Waals surface area (Å²) in [6, 6.07) is 0.0535. The van der Waals surface area contributed by atoms with Gasteiger partial charge in [0.25, 0.3) is 0 Å². The standard InChI is InChI=1S/C16H28N2O3/c1-11(2)15(19)17-14-7-13(16(20)21-3)9-18(10-14)8-12-5-4-6-12/h11-14H,4-10H2,1-3H3,(H,17,19). The zero-order valence-electron chi connectivity index (χ0n) is 13.4. The van der Waals surface area contributed by atoms with Crippen molar-refractivity contribution in [2.24, 2.45) is 17.8 Å². The molecule has 5 heteroatoms. The Morgan fingerprint density at radius 2 is 2.00 bits per heavy atom. The zero-order chi connectivity index (χ0) is 15.4. The third-order valence-corrected chi connectivity index (χ3v) is 4.67. The summed E-state index contributed by atoms with van der Waals surface area (Å²) in [7, 11) is 1.44. The quantitative estimate of drug-likeness (QED) is 0.780. The molecule has 0 aromatic heterocycles. The number of methoxy groups -OCH3 is 1. The first kappa shape index (κ1) is 16.3. The Labute approximate surface area is 127 Å². The lowest BCUT2D eigenvalue weighted by Gasteiger charge is -2.40. The molecule has 1 aliphatic carbocycles. The Kier molecular flexibility index (Phi) is 5.62. The summed E-state index contributed by atoms with van der Waals surface area (Å²) in [5.74, 6) is 0.527. The number of hydrogen-bond donors (Lipinski definition) is 1. The summed E-state index contributed by atoms with van der Waals surface area (Å²) in [5.41, 5.74) is 0. The van der Waals surface area contributed by atoms with Gasteiger partial charge in [-0.25, -0.2) is 0 Å². The molecule has 2 unspecified atom stereocenters. The van der Waals surface area contributed by atoms with E-state index in [1.807, 2.05) is 13.8 Å². The van der Waals surface area contributed by atoms with Gasteiger partial charge in [0.2, 0.25) is 5.91 Å². The van der Waals surface area contributed by atoms with Crippen molar-refractivity contribution in [3.05, 3.63) is 0 Å². The molecule has 5 nitrogen and oxygen atoms in total. The highest BCUT2D eigenvalue weighted by atomic mass is 16.5. The van der Waals surface area contributed by atoms with Crippen LogP contribution in [0.25, 0.3) is 0 Å². The Morgan fingerprint density at radius 1 is 1.29 bits per heavy atom. The first-order valence-corrected chi connectivity index (χ1v) is 8.10. The SMILES string of the molecule is COC(=O)C1CC(NC(=O)C(C)C)CN(CC2CCC2)C1. The normalized spacial score (nSPS) is 27.2. The number of nitrogens with one attached hydrogen (secondary N) is 1. The van der Waals surface area contributed by atoms with Crippen LogP contribution >= 0.6 is 0 Å². The Balaban J connectivity index is 1.95. The fourth-order valence-corrected chi connectivity index (χ4v) is 3.19. The second kappa shape index (κ2) is 7.25. The van der Waals surface area contributed by atoms with E-state index in [1.54, 1.807) is 0 Å². The molecule has 2 aliphatic rings. The Bertz CT molecular complexity index is 380. The summed E-state index contributed by atoms with van der Waals surface area (Å²) in [4.78, 5) is 26.1. The van der Waals surface area contributed by atoms with Gasteiger partial charge in [0.15, 0.2) is 0 Å². The number of esters is 1. The number of rotatable bonds is 5. The van der Waals surface area contributed by atoms with Crippen LogP contribution in [0.5, 0.6) is 0 Å². The minimum absolute atomic E-state index is 0.0245. The molecule has 0 aromatic rings. The molecule has 0 bridgehead atoms. The number of likely N-dealkylation sites (tertiary alicyclic amines) is 1. The van der Waals surface area contributed by atoms with Crippen LogP contribution in [0.1, 0.15) is 39.5 Å². The van der Waals surface area contributed by atoms with Crippen LogP contribution in [0.15, 0.2) is 0 Å². The lowest BCUT2D eigenvalue weighted by Crippen LogP contribution is -2.54. The Morgan fingerprint density at radius 3 is 2.52 bits per heavy atom. The van der Waals surface area contributed by atoms with Gasteiger partial charge in [-0.15, -0.1) is 0 Å². The fourth-order valence-electron chi connectivity index (χ4n) is 3.19. The van der Waals surface area contributed by atoms with Crippen LogP contribution in [0.4, 0.5) is 0 Å². The molecule has 2 atom stereocenters. The Hall–Kier alpha value is -1.10. The summed E-state index contributed by atoms with van der Waals surface area (Å²) in [5, 5.41) is 3.08. The molecule has 0 spiro atoms. The predicted molar refractivity (Wildman–Crippen MR) is 80.7 cm³/mol. The van der Waals surface area contributed by atoms with Crippen LogP contribution in [0.2, 0.25) is 0 Å². The lowest BCUT2D eigenvalue weighted by molar-refractivity contribution is -0.148. The first-order chi connectivity index (χ1) is 9.99. The lowest BCUT2D eigenvalue weighted by atomic mass is 9.84. The monoisotopic (exact) mass is 296 g/mol. The third kappa shape index (κ3) is 4.43. The number of carbonyl (C=O) groups excluding carboxylic acids is 2. The molecule has 1 amide bonds. The van der Waals surface area contributed by atoms with Crippen molar-refractivity contribution in [3.8, 4) is 0 Å². The van der Waals surface area contributed by atoms with Crippen molar-refractivity contribution in [1.82, 2.24) is 10.2 Å². The molecule has 120 valence electrons. The van der Waals surface area contributed by atoms with Crippen LogP contribution in [-0.2, 0) is 14.3 Å². The number of ether oxygens (including phenoxy) is 1. The van der Waals surface area contributed by atoms with Gasteiger partial charge >= 0.3 is 5.97 Å². The van der Waals surface area contributed by atoms with Gasteiger partial charge in [0, 0.05) is 31.6 Å². The first-order valence-electron chi connectivity index (χ1n) is 8.10. The van der Waals surface area contributed by atoms with E-state index in [2.05, 4.69) is 10.2 Å². The largest absolute Gasteiger partial charge is 0.469 e. The second-order valence-corrected chi connectivity index (χ2v) is 6.83. The molecule has 2 fully saturated rings. The van der Waals surface area contributed by atoms with Crippen molar-refractivity contribution >= 4 is 11.9 Å². The van der Waals surface area contributed by atoms with E-state index in [9.17, 15) is 9.59 Å². The van der Waals surface area contributed by atoms with E-state index < -0.39 is 0 Å². The summed E-state index contributed by atoms with van der Waals surface area (Å²) in [6.45, 7) is 6.44. The van der Waals surface area contributed by atoms with Gasteiger partial charge in [-0.3, -0.25) is 9.59 Å². The molecule has 1 N–H and O–H groups in total. The second-order valence-electron chi connectivity index (χ2n) is 6.83. The molecule has 21 heavy (non-hydrogen) atoms. The van der Waals surface area contributed by atoms with E-state index in [0.717, 1.165) is 25.6 Å². The molecule has 2 rings (SSSR count). The molecule has 0 radical (unpaired) electrons. The van der Waals surface area contributed by atoms with Crippen LogP contribution in [-0.4, -0.2) is 49.6 Å². The average Bonchev–Trinajstić information content (AvgIpc) is 2.41. The van der Waals surface area contributed by atoms with Crippen molar-refractivity contribution < 1.29 is 14.3 Å². The highest BCUT2D eigenvalue weighted by molar-refractivity contribution is 5.78. The van der Waals surface area contributed by atoms with Gasteiger partial charge in [0.1, 0.15) is 0 Å². The molecular weight excluding hydrogens is 268 g/mol. The molecule has 0 aromatic carbocycles. The topological polar surface area (TPSA) is 58.6 Å². The predicted octanol–water partition coefficient (Wildman–Crippen LogP) is 1.42. The number of piperidine rings is 1. The summed E-state index contributed by atoms with van der Waals surface area (Å²) in [6.07, 6.45) is 4.60. The zero-order valence-corrected chi connectivity index (χ0v) is 13.4. The van der Waals surface area contributed by atoms with Crippen molar-refractivity contribution in [2.45, 2.75) is 45.6 Å². The van der Waals surface area contributed by atoms with Gasteiger partial charge in [0.05, 0.1) is 13.0 Å². The molecule has 1 heterocycles. The minimum Gasteiger partial charge on any atom is -0.469 e. The number of hydrogen-bond acceptors (Lipinski definition) is 4. The highest BCUT2D eigenvalue weighted by Crippen LogP contribution is 2.29. The van der Waals surface area contributed by atoms with E-state index in [0.29, 0.717) is 6.42 Å². The smallest absolute Gasteiger partial charge is 0.310 e. The van der Waals surface area contributed by atoms with E-state index >= 15 is 0 Å². The third-order valence-electron chi connectivity index (χ3n) is 4.67. The number of amides is 1. The van der Waals surface area contributed by atoms with Crippen LogP contribution < -0.4 is 5.32 Å². The summed E-state index contributed by atoms with van der Waals surface area (Å²) < 4.78 is 4.91. The average molecular weight is 296 g/mol. The van der Waals surface area contributed by atoms with E-state index in [-0.39, 0.29) is 29.8 Å². The van der Waals surface area contributed by atoms with Crippen molar-refractivity contribution in [1.29, 1.82) is 0 Å². The van der Waals surface area contributed by atoms with Gasteiger partial charge < -0.3 is 15.0 Å².